The molecule has 0 radical (unpaired) electrons. The van der Waals surface area contributed by atoms with Crippen LogP contribution in [0.4, 0.5) is 0 Å². The average Bonchev–Trinajstić information content (AvgIpc) is 3.71. The summed E-state index contributed by atoms with van der Waals surface area (Å²) >= 11 is 0. The van der Waals surface area contributed by atoms with E-state index >= 15 is 0 Å². The highest BCUT2D eigenvalue weighted by molar-refractivity contribution is 5.95. The van der Waals surface area contributed by atoms with Crippen LogP contribution in [0.3, 0.4) is 0 Å². The van der Waals surface area contributed by atoms with Crippen LogP contribution < -0.4 is 5.32 Å². The van der Waals surface area contributed by atoms with Gasteiger partial charge in [-0.2, -0.15) is 0 Å². The number of hydrogen-bond donors (Lipinski definition) is 4. The maximum Gasteiger partial charge on any atom is 0.341 e. The van der Waals surface area contributed by atoms with E-state index in [1.807, 2.05) is 20.8 Å². The second-order valence-corrected chi connectivity index (χ2v) is 20.0. The molecule has 3 aromatic rings. The topological polar surface area (TPSA) is 225 Å². The highest BCUT2D eigenvalue weighted by atomic mass is 16.7. The molecule has 2 bridgehead atoms. The number of nitrogens with one attached hydrogen (secondary N) is 1. The van der Waals surface area contributed by atoms with Gasteiger partial charge in [0.25, 0.3) is 5.91 Å². The van der Waals surface area contributed by atoms with Crippen LogP contribution in [-0.4, -0.2) is 140 Å². The summed E-state index contributed by atoms with van der Waals surface area (Å²) in [6.07, 6.45) is -1.70. The normalized spacial score (nSPS) is 35.3. The number of hydrogen-bond acceptors (Lipinski definition) is 16. The van der Waals surface area contributed by atoms with Gasteiger partial charge >= 0.3 is 17.9 Å². The Morgan fingerprint density at radius 3 is 2.22 bits per heavy atom. The second kappa shape index (κ2) is 17.4. The number of amides is 1. The smallest absolute Gasteiger partial charge is 0.341 e. The number of fused-ring (bicyclic) bond motifs is 8. The van der Waals surface area contributed by atoms with Gasteiger partial charge in [-0.1, -0.05) is 57.2 Å². The maximum atomic E-state index is 14.8. The lowest BCUT2D eigenvalue weighted by Gasteiger charge is -2.68. The van der Waals surface area contributed by atoms with Gasteiger partial charge in [-0.25, -0.2) is 19.6 Å². The third-order valence-corrected chi connectivity index (χ3v) is 15.8. The van der Waals surface area contributed by atoms with Crippen LogP contribution in [-0.2, 0) is 38.0 Å². The number of rotatable bonds is 12. The molecular formula is C50H60N4O13. The van der Waals surface area contributed by atoms with Gasteiger partial charge in [-0.3, -0.25) is 14.5 Å². The molecule has 4 heterocycles. The molecule has 17 nitrogen and oxygen atoms in total. The first-order valence-electron chi connectivity index (χ1n) is 23.1. The minimum Gasteiger partial charge on any atom is -0.456 e. The van der Waals surface area contributed by atoms with Crippen molar-refractivity contribution in [3.8, 4) is 0 Å². The number of ether oxygens (including phenoxy) is 6. The van der Waals surface area contributed by atoms with Crippen molar-refractivity contribution in [1.29, 1.82) is 0 Å². The minimum absolute atomic E-state index is 0.0333. The lowest BCUT2D eigenvalue weighted by Crippen LogP contribution is -2.79. The van der Waals surface area contributed by atoms with Crippen LogP contribution in [0.2, 0.25) is 0 Å². The van der Waals surface area contributed by atoms with Gasteiger partial charge in [-0.15, -0.1) is 0 Å². The van der Waals surface area contributed by atoms with Crippen molar-refractivity contribution in [3.05, 3.63) is 107 Å². The molecule has 5 fully saturated rings. The van der Waals surface area contributed by atoms with E-state index in [2.05, 4.69) is 20.2 Å². The van der Waals surface area contributed by atoms with Gasteiger partial charge in [-0.05, 0) is 74.6 Å². The van der Waals surface area contributed by atoms with Crippen molar-refractivity contribution >= 4 is 23.8 Å². The molecule has 13 atom stereocenters. The quantitative estimate of drug-likeness (QED) is 0.116. The predicted molar refractivity (Wildman–Crippen MR) is 237 cm³/mol. The Labute approximate surface area is 389 Å². The van der Waals surface area contributed by atoms with Gasteiger partial charge in [0.2, 0.25) is 0 Å². The molecule has 9 rings (SSSR count). The molecule has 3 aliphatic heterocycles. The number of aliphatic hydroxyl groups is 3. The van der Waals surface area contributed by atoms with Crippen molar-refractivity contribution in [2.75, 3.05) is 26.3 Å². The molecular weight excluding hydrogens is 865 g/mol. The lowest BCUT2D eigenvalue weighted by molar-refractivity contribution is -0.345. The van der Waals surface area contributed by atoms with Gasteiger partial charge in [0.15, 0.2) is 23.3 Å². The SMILES string of the molecule is CC(=O)O[C@@]12CO[C@@H]1CC[C@@]1(C)[C@@H]3O[C@H](CN4CC[C@H]4CO)O[C@@H]3C3=C(C)[C@@H](OC(=O)[C@](C)(O)[C@@H](NC(=O)c4ccccc4)c4ncccn4)C[C@@](O)([C@@H](OC(=O)c4ccccc4)[C@@H]12)C3(C)C. The Morgan fingerprint density at radius 1 is 0.955 bits per heavy atom. The average molecular weight is 925 g/mol. The number of esters is 3. The molecule has 0 spiro atoms. The summed E-state index contributed by atoms with van der Waals surface area (Å²) in [5, 5.41) is 39.2. The first-order chi connectivity index (χ1) is 31.9. The Bertz CT molecular complexity index is 2400. The fourth-order valence-corrected chi connectivity index (χ4v) is 12.0. The summed E-state index contributed by atoms with van der Waals surface area (Å²) in [5.74, 6) is -4.16. The zero-order valence-corrected chi connectivity index (χ0v) is 38.6. The monoisotopic (exact) mass is 924 g/mol. The van der Waals surface area contributed by atoms with Gasteiger partial charge < -0.3 is 49.1 Å². The number of aliphatic hydroxyl groups excluding tert-OH is 1. The van der Waals surface area contributed by atoms with Crippen LogP contribution in [0.25, 0.3) is 0 Å². The summed E-state index contributed by atoms with van der Waals surface area (Å²) in [6.45, 7) is 10.9. The fourth-order valence-electron chi connectivity index (χ4n) is 12.0. The Kier molecular flexibility index (Phi) is 12.2. The molecule has 17 heteroatoms. The molecule has 2 aromatic carbocycles. The van der Waals surface area contributed by atoms with Crippen LogP contribution in [0.5, 0.6) is 0 Å². The molecule has 1 aromatic heterocycles. The molecule has 358 valence electrons. The zero-order valence-electron chi connectivity index (χ0n) is 38.6. The number of carbonyl (C=O) groups is 4. The summed E-state index contributed by atoms with van der Waals surface area (Å²) in [6, 6.07) is 16.6. The maximum absolute atomic E-state index is 14.8. The van der Waals surface area contributed by atoms with Crippen molar-refractivity contribution in [2.24, 2.45) is 16.7 Å². The predicted octanol–water partition coefficient (Wildman–Crippen LogP) is 3.62. The Morgan fingerprint density at radius 2 is 1.63 bits per heavy atom. The van der Waals surface area contributed by atoms with Gasteiger partial charge in [0.1, 0.15) is 36.1 Å². The fraction of sp³-hybridized carbons (Fsp3) is 0.560. The molecule has 6 aliphatic rings. The van der Waals surface area contributed by atoms with E-state index in [0.717, 1.165) is 13.0 Å². The van der Waals surface area contributed by atoms with Crippen LogP contribution >= 0.6 is 0 Å². The first-order valence-corrected chi connectivity index (χ1v) is 23.1. The number of nitrogens with zero attached hydrogens (tertiary/aromatic N) is 3. The van der Waals surface area contributed by atoms with Gasteiger partial charge in [0, 0.05) is 61.3 Å². The molecule has 4 N–H and O–H groups in total. The largest absolute Gasteiger partial charge is 0.456 e. The number of aromatic nitrogens is 2. The van der Waals surface area contributed by atoms with Crippen LogP contribution in [0, 0.1) is 16.7 Å². The number of likely N-dealkylation sites (tertiary alicyclic amines) is 1. The molecule has 67 heavy (non-hydrogen) atoms. The molecule has 3 saturated heterocycles. The number of carbonyl (C=O) groups excluding carboxylic acids is 4. The standard InChI is InChI=1S/C50H60N4O13/c1-28-33(63-45(59)48(6,60)39(42-51-21-13-22-52-42)53-43(57)30-14-9-7-10-15-30)24-50(61)41(66-44(58)31-16-11-8-12-17-31)38-47(5,20-18-34-49(38,27-62-34)67-29(2)56)40-37(36(28)46(50,3)4)64-35(65-40)25-54-23-19-32(54)26-55/h7-17,21-22,32-35,37-41,55,60-61H,18-20,23-27H2,1-6H3,(H,53,57)/t32-,33-,34+,35+,37+,38-,39-,40+,41-,47+,48+,49-,50+/m0/s1. The Hall–Kier alpha value is -5.14. The van der Waals surface area contributed by atoms with E-state index in [-0.39, 0.29) is 42.6 Å². The summed E-state index contributed by atoms with van der Waals surface area (Å²) < 4.78 is 39.8. The lowest BCUT2D eigenvalue weighted by atomic mass is 9.45. The molecule has 3 aliphatic carbocycles. The highest BCUT2D eigenvalue weighted by Crippen LogP contribution is 2.67. The van der Waals surface area contributed by atoms with E-state index in [1.165, 1.54) is 26.2 Å². The molecule has 0 unspecified atom stereocenters. The third kappa shape index (κ3) is 7.76. The summed E-state index contributed by atoms with van der Waals surface area (Å²) in [4.78, 5) is 66.9. The van der Waals surface area contributed by atoms with Crippen molar-refractivity contribution in [2.45, 2.75) is 133 Å². The van der Waals surface area contributed by atoms with Crippen molar-refractivity contribution in [1.82, 2.24) is 20.2 Å². The van der Waals surface area contributed by atoms with Crippen molar-refractivity contribution < 1.29 is 62.9 Å². The van der Waals surface area contributed by atoms with E-state index in [0.29, 0.717) is 30.5 Å². The summed E-state index contributed by atoms with van der Waals surface area (Å²) in [5.41, 5.74) is -6.85. The van der Waals surface area contributed by atoms with Gasteiger partial charge in [0.05, 0.1) is 30.8 Å². The van der Waals surface area contributed by atoms with E-state index in [4.69, 9.17) is 28.4 Å². The van der Waals surface area contributed by atoms with E-state index in [1.54, 1.807) is 73.7 Å². The molecule has 1 amide bonds. The Balaban J connectivity index is 1.18. The number of benzene rings is 2. The van der Waals surface area contributed by atoms with Crippen LogP contribution in [0.15, 0.2) is 90.3 Å². The first kappa shape index (κ1) is 46.9. The minimum atomic E-state index is -2.51. The van der Waals surface area contributed by atoms with Crippen molar-refractivity contribution in [3.63, 3.8) is 0 Å². The van der Waals surface area contributed by atoms with E-state index < -0.39 is 100 Å². The third-order valence-electron chi connectivity index (χ3n) is 15.8. The summed E-state index contributed by atoms with van der Waals surface area (Å²) in [7, 11) is 0. The highest BCUT2D eigenvalue weighted by Gasteiger charge is 2.77. The van der Waals surface area contributed by atoms with Crippen LogP contribution in [0.1, 0.15) is 99.8 Å². The zero-order chi connectivity index (χ0) is 47.7. The second-order valence-electron chi connectivity index (χ2n) is 20.0. The van der Waals surface area contributed by atoms with E-state index in [9.17, 15) is 34.5 Å². The molecule has 2 saturated carbocycles.